The summed E-state index contributed by atoms with van der Waals surface area (Å²) in [5, 5.41) is 9.56. The molecule has 116 valence electrons. The molecule has 0 fully saturated rings. The van der Waals surface area contributed by atoms with Crippen LogP contribution >= 0.6 is 0 Å². The predicted molar refractivity (Wildman–Crippen MR) is 90.5 cm³/mol. The fourth-order valence-corrected chi connectivity index (χ4v) is 2.80. The standard InChI is InChI=1S/C19H18N2O2/c1-3-21-12-20-11-18(21)16-9-15(14-7-5-4-6-8-14)10-17(13(16)2)19(22)23/h4-12H,3H2,1-2H3,(H,22,23). The number of aromatic carboxylic acids is 1. The minimum Gasteiger partial charge on any atom is -0.478 e. The van der Waals surface area contributed by atoms with E-state index in [9.17, 15) is 9.90 Å². The van der Waals surface area contributed by atoms with Crippen molar-refractivity contribution in [2.75, 3.05) is 0 Å². The molecule has 0 radical (unpaired) electrons. The van der Waals surface area contributed by atoms with Crippen molar-refractivity contribution in [1.82, 2.24) is 9.55 Å². The number of carboxylic acids is 1. The van der Waals surface area contributed by atoms with E-state index in [0.29, 0.717) is 5.56 Å². The smallest absolute Gasteiger partial charge is 0.335 e. The number of rotatable bonds is 4. The minimum atomic E-state index is -0.913. The molecule has 2 aromatic carbocycles. The van der Waals surface area contributed by atoms with Crippen LogP contribution in [-0.2, 0) is 6.54 Å². The molecule has 1 N–H and O–H groups in total. The number of benzene rings is 2. The van der Waals surface area contributed by atoms with Crippen LogP contribution in [0.3, 0.4) is 0 Å². The molecule has 0 unspecified atom stereocenters. The topological polar surface area (TPSA) is 55.1 Å². The molecule has 0 amide bonds. The lowest BCUT2D eigenvalue weighted by Gasteiger charge is -2.14. The lowest BCUT2D eigenvalue weighted by atomic mass is 9.93. The van der Waals surface area contributed by atoms with Crippen LogP contribution in [0, 0.1) is 6.92 Å². The van der Waals surface area contributed by atoms with E-state index >= 15 is 0 Å². The van der Waals surface area contributed by atoms with Crippen LogP contribution in [0.4, 0.5) is 0 Å². The maximum atomic E-state index is 11.7. The van der Waals surface area contributed by atoms with Crippen molar-refractivity contribution in [2.24, 2.45) is 0 Å². The summed E-state index contributed by atoms with van der Waals surface area (Å²) in [6.45, 7) is 4.67. The van der Waals surface area contributed by atoms with Crippen molar-refractivity contribution in [1.29, 1.82) is 0 Å². The Labute approximate surface area is 135 Å². The van der Waals surface area contributed by atoms with Gasteiger partial charge in [0, 0.05) is 12.1 Å². The molecule has 3 aromatic rings. The molecule has 0 aliphatic heterocycles. The van der Waals surface area contributed by atoms with Gasteiger partial charge in [0.25, 0.3) is 0 Å². The van der Waals surface area contributed by atoms with E-state index in [1.54, 1.807) is 18.6 Å². The van der Waals surface area contributed by atoms with Crippen molar-refractivity contribution in [3.8, 4) is 22.4 Å². The number of imidazole rings is 1. The highest BCUT2D eigenvalue weighted by atomic mass is 16.4. The molecule has 0 atom stereocenters. The van der Waals surface area contributed by atoms with Gasteiger partial charge in [0.1, 0.15) is 0 Å². The highest BCUT2D eigenvalue weighted by Crippen LogP contribution is 2.32. The summed E-state index contributed by atoms with van der Waals surface area (Å²) < 4.78 is 2.02. The summed E-state index contributed by atoms with van der Waals surface area (Å²) >= 11 is 0. The first-order chi connectivity index (χ1) is 11.1. The van der Waals surface area contributed by atoms with Gasteiger partial charge in [-0.3, -0.25) is 0 Å². The first-order valence-corrected chi connectivity index (χ1v) is 7.55. The second kappa shape index (κ2) is 6.08. The second-order valence-electron chi connectivity index (χ2n) is 5.43. The van der Waals surface area contributed by atoms with Crippen molar-refractivity contribution in [3.05, 3.63) is 66.1 Å². The Morgan fingerprint density at radius 3 is 2.57 bits per heavy atom. The molecular formula is C19H18N2O2. The Morgan fingerprint density at radius 1 is 1.17 bits per heavy atom. The first kappa shape index (κ1) is 15.0. The molecule has 0 aliphatic carbocycles. The maximum absolute atomic E-state index is 11.7. The predicted octanol–water partition coefficient (Wildman–Crippen LogP) is 4.24. The Bertz CT molecular complexity index is 851. The molecule has 23 heavy (non-hydrogen) atoms. The van der Waals surface area contributed by atoms with E-state index in [1.165, 1.54) is 0 Å². The molecular weight excluding hydrogens is 288 g/mol. The molecule has 0 bridgehead atoms. The van der Waals surface area contributed by atoms with Gasteiger partial charge in [-0.05, 0) is 42.7 Å². The van der Waals surface area contributed by atoms with Crippen LogP contribution in [0.2, 0.25) is 0 Å². The van der Waals surface area contributed by atoms with E-state index in [4.69, 9.17) is 0 Å². The largest absolute Gasteiger partial charge is 0.478 e. The van der Waals surface area contributed by atoms with Crippen molar-refractivity contribution in [2.45, 2.75) is 20.4 Å². The van der Waals surface area contributed by atoms with Gasteiger partial charge in [-0.2, -0.15) is 0 Å². The van der Waals surface area contributed by atoms with Gasteiger partial charge < -0.3 is 9.67 Å². The summed E-state index contributed by atoms with van der Waals surface area (Å²) in [6, 6.07) is 13.6. The van der Waals surface area contributed by atoms with Gasteiger partial charge >= 0.3 is 5.97 Å². The monoisotopic (exact) mass is 306 g/mol. The number of nitrogens with zero attached hydrogens (tertiary/aromatic N) is 2. The number of carbonyl (C=O) groups is 1. The van der Waals surface area contributed by atoms with Gasteiger partial charge in [0.2, 0.25) is 0 Å². The van der Waals surface area contributed by atoms with Crippen LogP contribution in [0.1, 0.15) is 22.8 Å². The molecule has 4 nitrogen and oxygen atoms in total. The van der Waals surface area contributed by atoms with Gasteiger partial charge in [-0.15, -0.1) is 0 Å². The molecule has 0 saturated heterocycles. The number of aromatic nitrogens is 2. The van der Waals surface area contributed by atoms with Crippen molar-refractivity contribution in [3.63, 3.8) is 0 Å². The zero-order valence-electron chi connectivity index (χ0n) is 13.2. The number of carboxylic acid groups (broad SMARTS) is 1. The van der Waals surface area contributed by atoms with E-state index in [1.807, 2.05) is 54.8 Å². The van der Waals surface area contributed by atoms with E-state index in [2.05, 4.69) is 4.98 Å². The molecule has 4 heteroatoms. The van der Waals surface area contributed by atoms with E-state index in [-0.39, 0.29) is 0 Å². The summed E-state index contributed by atoms with van der Waals surface area (Å²) in [7, 11) is 0. The summed E-state index contributed by atoms with van der Waals surface area (Å²) in [4.78, 5) is 15.9. The third-order valence-corrected chi connectivity index (χ3v) is 4.07. The normalized spacial score (nSPS) is 10.7. The van der Waals surface area contributed by atoms with Gasteiger partial charge in [0.05, 0.1) is 23.8 Å². The van der Waals surface area contributed by atoms with Crippen LogP contribution in [-0.4, -0.2) is 20.6 Å². The maximum Gasteiger partial charge on any atom is 0.335 e. The first-order valence-electron chi connectivity index (χ1n) is 7.55. The highest BCUT2D eigenvalue weighted by Gasteiger charge is 2.16. The molecule has 0 spiro atoms. The molecule has 3 rings (SSSR count). The summed E-state index contributed by atoms with van der Waals surface area (Å²) in [5.41, 5.74) is 4.82. The van der Waals surface area contributed by atoms with Gasteiger partial charge in [0.15, 0.2) is 0 Å². The van der Waals surface area contributed by atoms with Gasteiger partial charge in [-0.1, -0.05) is 30.3 Å². The fourth-order valence-electron chi connectivity index (χ4n) is 2.80. The van der Waals surface area contributed by atoms with Crippen LogP contribution in [0.5, 0.6) is 0 Å². The second-order valence-corrected chi connectivity index (χ2v) is 5.43. The lowest BCUT2D eigenvalue weighted by molar-refractivity contribution is 0.0696. The Hall–Kier alpha value is -2.88. The van der Waals surface area contributed by atoms with Crippen LogP contribution in [0.25, 0.3) is 22.4 Å². The van der Waals surface area contributed by atoms with Crippen LogP contribution < -0.4 is 0 Å². The Kier molecular flexibility index (Phi) is 3.98. The lowest BCUT2D eigenvalue weighted by Crippen LogP contribution is -2.04. The zero-order chi connectivity index (χ0) is 16.4. The third kappa shape index (κ3) is 2.75. The quantitative estimate of drug-likeness (QED) is 0.784. The van der Waals surface area contributed by atoms with Gasteiger partial charge in [-0.25, -0.2) is 9.78 Å². The Morgan fingerprint density at radius 2 is 1.91 bits per heavy atom. The average Bonchev–Trinajstić information content (AvgIpc) is 3.04. The molecule has 0 aliphatic rings. The zero-order valence-corrected chi connectivity index (χ0v) is 13.2. The SMILES string of the molecule is CCn1cncc1-c1cc(-c2ccccc2)cc(C(=O)O)c1C. The van der Waals surface area contributed by atoms with Crippen molar-refractivity contribution < 1.29 is 9.90 Å². The number of aryl methyl sites for hydroxylation is 1. The summed E-state index contributed by atoms with van der Waals surface area (Å²) in [5.74, 6) is -0.913. The van der Waals surface area contributed by atoms with E-state index < -0.39 is 5.97 Å². The minimum absolute atomic E-state index is 0.324. The van der Waals surface area contributed by atoms with Crippen molar-refractivity contribution >= 4 is 5.97 Å². The number of hydrogen-bond acceptors (Lipinski definition) is 2. The van der Waals surface area contributed by atoms with Crippen LogP contribution in [0.15, 0.2) is 55.0 Å². The van der Waals surface area contributed by atoms with E-state index in [0.717, 1.165) is 34.5 Å². The third-order valence-electron chi connectivity index (χ3n) is 4.07. The number of hydrogen-bond donors (Lipinski definition) is 1. The highest BCUT2D eigenvalue weighted by molar-refractivity contribution is 5.94. The average molecular weight is 306 g/mol. The molecule has 1 heterocycles. The fraction of sp³-hybridized carbons (Fsp3) is 0.158. The summed E-state index contributed by atoms with van der Waals surface area (Å²) in [6.07, 6.45) is 3.55. The molecule has 1 aromatic heterocycles. The molecule has 0 saturated carbocycles. The Balaban J connectivity index is 2.27.